The lowest BCUT2D eigenvalue weighted by Crippen LogP contribution is -2.25. The van der Waals surface area contributed by atoms with Crippen LogP contribution in [0, 0.1) is 12.7 Å². The summed E-state index contributed by atoms with van der Waals surface area (Å²) in [6.07, 6.45) is 2.05. The average Bonchev–Trinajstić information content (AvgIpc) is 3.40. The molecule has 3 heterocycles. The zero-order chi connectivity index (χ0) is 23.8. The van der Waals surface area contributed by atoms with Gasteiger partial charge >= 0.3 is 0 Å². The van der Waals surface area contributed by atoms with Gasteiger partial charge in [0.25, 0.3) is 5.56 Å². The third-order valence-electron chi connectivity index (χ3n) is 5.56. The number of nitrogens with zero attached hydrogens (tertiary/aromatic N) is 5. The Kier molecular flexibility index (Phi) is 5.40. The number of carbonyl (C=O) groups is 1. The van der Waals surface area contributed by atoms with E-state index < -0.39 is 11.7 Å². The van der Waals surface area contributed by atoms with Crippen molar-refractivity contribution in [1.82, 2.24) is 24.3 Å². The van der Waals surface area contributed by atoms with Crippen LogP contribution in [0.3, 0.4) is 0 Å². The van der Waals surface area contributed by atoms with Gasteiger partial charge in [-0.2, -0.15) is 4.98 Å². The molecule has 0 aliphatic rings. The van der Waals surface area contributed by atoms with E-state index in [1.54, 1.807) is 16.7 Å². The number of benzene rings is 2. The highest BCUT2D eigenvalue weighted by Gasteiger charge is 2.20. The summed E-state index contributed by atoms with van der Waals surface area (Å²) >= 11 is 0. The van der Waals surface area contributed by atoms with Crippen molar-refractivity contribution in [3.63, 3.8) is 0 Å². The first-order valence-corrected chi connectivity index (χ1v) is 10.8. The van der Waals surface area contributed by atoms with E-state index in [2.05, 4.69) is 20.4 Å². The third kappa shape index (κ3) is 3.83. The van der Waals surface area contributed by atoms with Crippen LogP contribution < -0.4 is 10.9 Å². The Morgan fingerprint density at radius 2 is 2.03 bits per heavy atom. The Hall–Kier alpha value is -4.34. The van der Waals surface area contributed by atoms with Crippen LogP contribution in [0.4, 0.5) is 10.1 Å². The molecule has 5 rings (SSSR count). The smallest absolute Gasteiger partial charge is 0.278 e. The Morgan fingerprint density at radius 1 is 1.21 bits per heavy atom. The SMILES string of the molecule is CCc1noc(Cn2cnc3c4cc(C)ccc4n(CC(=O)Nc4ccccc4F)c3c2=O)n1. The predicted molar refractivity (Wildman–Crippen MR) is 124 cm³/mol. The molecule has 2 aromatic carbocycles. The van der Waals surface area contributed by atoms with E-state index >= 15 is 0 Å². The number of aryl methyl sites for hydroxylation is 2. The number of hydrogen-bond acceptors (Lipinski definition) is 6. The van der Waals surface area contributed by atoms with Gasteiger partial charge in [-0.25, -0.2) is 9.37 Å². The van der Waals surface area contributed by atoms with Gasteiger partial charge in [0, 0.05) is 11.8 Å². The minimum Gasteiger partial charge on any atom is -0.337 e. The molecule has 3 aromatic heterocycles. The number of amides is 1. The van der Waals surface area contributed by atoms with Crippen molar-refractivity contribution in [3.05, 3.63) is 82.2 Å². The van der Waals surface area contributed by atoms with Crippen LogP contribution in [-0.2, 0) is 24.3 Å². The number of para-hydroxylation sites is 1. The van der Waals surface area contributed by atoms with Gasteiger partial charge < -0.3 is 14.4 Å². The van der Waals surface area contributed by atoms with Gasteiger partial charge in [0.1, 0.15) is 29.9 Å². The van der Waals surface area contributed by atoms with Crippen LogP contribution in [0.15, 0.2) is 58.1 Å². The summed E-state index contributed by atoms with van der Waals surface area (Å²) < 4.78 is 22.2. The highest BCUT2D eigenvalue weighted by Crippen LogP contribution is 2.26. The standard InChI is InChI=1S/C24H21FN6O3/c1-3-19-28-21(34-29-19)12-30-13-26-22-15-10-14(2)8-9-18(15)31(23(22)24(30)33)11-20(32)27-17-7-5-4-6-16(17)25/h4-10,13H,3,11-12H2,1-2H3,(H,27,32). The Morgan fingerprint density at radius 3 is 2.79 bits per heavy atom. The van der Waals surface area contributed by atoms with Gasteiger partial charge in [-0.05, 0) is 31.2 Å². The van der Waals surface area contributed by atoms with Crippen LogP contribution in [0.2, 0.25) is 0 Å². The van der Waals surface area contributed by atoms with E-state index in [1.807, 2.05) is 32.0 Å². The van der Waals surface area contributed by atoms with E-state index in [1.165, 1.54) is 23.0 Å². The second kappa shape index (κ2) is 8.54. The first-order chi connectivity index (χ1) is 16.4. The Labute approximate surface area is 192 Å². The molecule has 0 aliphatic heterocycles. The molecule has 5 aromatic rings. The van der Waals surface area contributed by atoms with Gasteiger partial charge in [0.2, 0.25) is 11.8 Å². The number of rotatable bonds is 6. The quantitative estimate of drug-likeness (QED) is 0.416. The van der Waals surface area contributed by atoms with Crippen LogP contribution in [0.1, 0.15) is 24.2 Å². The molecule has 9 nitrogen and oxygen atoms in total. The maximum Gasteiger partial charge on any atom is 0.278 e. The van der Waals surface area contributed by atoms with Crippen molar-refractivity contribution in [1.29, 1.82) is 0 Å². The van der Waals surface area contributed by atoms with Crippen molar-refractivity contribution in [3.8, 4) is 0 Å². The largest absolute Gasteiger partial charge is 0.337 e. The lowest BCUT2D eigenvalue weighted by atomic mass is 10.1. The van der Waals surface area contributed by atoms with E-state index in [0.717, 1.165) is 10.9 Å². The lowest BCUT2D eigenvalue weighted by Gasteiger charge is -2.10. The number of carbonyl (C=O) groups excluding carboxylic acids is 1. The summed E-state index contributed by atoms with van der Waals surface area (Å²) in [5.74, 6) is -0.171. The highest BCUT2D eigenvalue weighted by molar-refractivity contribution is 6.06. The summed E-state index contributed by atoms with van der Waals surface area (Å²) in [4.78, 5) is 35.1. The molecule has 0 radical (unpaired) electrons. The topological polar surface area (TPSA) is 108 Å². The van der Waals surface area contributed by atoms with E-state index in [9.17, 15) is 14.0 Å². The number of fused-ring (bicyclic) bond motifs is 3. The van der Waals surface area contributed by atoms with Crippen molar-refractivity contribution in [2.24, 2.45) is 0 Å². The average molecular weight is 460 g/mol. The Balaban J connectivity index is 1.60. The molecule has 0 bridgehead atoms. The zero-order valence-corrected chi connectivity index (χ0v) is 18.6. The highest BCUT2D eigenvalue weighted by atomic mass is 19.1. The van der Waals surface area contributed by atoms with E-state index in [0.29, 0.717) is 23.3 Å². The first-order valence-electron chi connectivity index (χ1n) is 10.8. The van der Waals surface area contributed by atoms with Crippen LogP contribution >= 0.6 is 0 Å². The lowest BCUT2D eigenvalue weighted by molar-refractivity contribution is -0.116. The number of anilines is 1. The normalized spacial score (nSPS) is 11.4. The number of halogens is 1. The summed E-state index contributed by atoms with van der Waals surface area (Å²) in [5.41, 5.74) is 2.14. The van der Waals surface area contributed by atoms with Crippen molar-refractivity contribution < 1.29 is 13.7 Å². The summed E-state index contributed by atoms with van der Waals surface area (Å²) in [5, 5.41) is 7.19. The van der Waals surface area contributed by atoms with Crippen molar-refractivity contribution in [2.45, 2.75) is 33.4 Å². The van der Waals surface area contributed by atoms with Crippen molar-refractivity contribution in [2.75, 3.05) is 5.32 Å². The molecule has 34 heavy (non-hydrogen) atoms. The molecule has 1 amide bonds. The minimum atomic E-state index is -0.538. The molecule has 0 fully saturated rings. The van der Waals surface area contributed by atoms with Crippen molar-refractivity contribution >= 4 is 33.5 Å². The maximum atomic E-state index is 14.0. The summed E-state index contributed by atoms with van der Waals surface area (Å²) in [7, 11) is 0. The van der Waals surface area contributed by atoms with Crippen LogP contribution in [0.25, 0.3) is 21.9 Å². The zero-order valence-electron chi connectivity index (χ0n) is 18.6. The van der Waals surface area contributed by atoms with Crippen LogP contribution in [-0.4, -0.2) is 30.2 Å². The molecule has 172 valence electrons. The monoisotopic (exact) mass is 460 g/mol. The molecule has 0 unspecified atom stereocenters. The third-order valence-corrected chi connectivity index (χ3v) is 5.56. The molecule has 0 aliphatic carbocycles. The number of nitrogens with one attached hydrogen (secondary N) is 1. The molecule has 0 saturated carbocycles. The van der Waals surface area contributed by atoms with E-state index in [-0.39, 0.29) is 35.7 Å². The van der Waals surface area contributed by atoms with Crippen LogP contribution in [0.5, 0.6) is 0 Å². The van der Waals surface area contributed by atoms with Gasteiger partial charge in [-0.15, -0.1) is 0 Å². The molecule has 0 saturated heterocycles. The fourth-order valence-corrected chi connectivity index (χ4v) is 3.93. The molecule has 0 spiro atoms. The molecule has 10 heteroatoms. The molecule has 0 atom stereocenters. The fraction of sp³-hybridized carbons (Fsp3) is 0.208. The predicted octanol–water partition coefficient (Wildman–Crippen LogP) is 3.43. The molecule has 1 N–H and O–H groups in total. The van der Waals surface area contributed by atoms with Gasteiger partial charge in [0.15, 0.2) is 5.82 Å². The maximum absolute atomic E-state index is 14.0. The van der Waals surface area contributed by atoms with E-state index in [4.69, 9.17) is 4.52 Å². The summed E-state index contributed by atoms with van der Waals surface area (Å²) in [6.45, 7) is 3.70. The Bertz CT molecular complexity index is 1600. The number of hydrogen-bond donors (Lipinski definition) is 1. The minimum absolute atomic E-state index is 0.0523. The summed E-state index contributed by atoms with van der Waals surface area (Å²) in [6, 6.07) is 11.6. The molecular weight excluding hydrogens is 439 g/mol. The second-order valence-corrected chi connectivity index (χ2v) is 7.97. The fourth-order valence-electron chi connectivity index (χ4n) is 3.93. The second-order valence-electron chi connectivity index (χ2n) is 7.97. The van der Waals surface area contributed by atoms with Gasteiger partial charge in [-0.3, -0.25) is 14.2 Å². The first kappa shape index (κ1) is 21.5. The number of aromatic nitrogens is 5. The van der Waals surface area contributed by atoms with Gasteiger partial charge in [0.05, 0.1) is 17.5 Å². The molecular formula is C24H21FN6O3. The van der Waals surface area contributed by atoms with Gasteiger partial charge in [-0.1, -0.05) is 35.8 Å².